The average molecular weight is 1770 g/mol. The highest BCUT2D eigenvalue weighted by atomic mass is 32.2. The SMILES string of the molecule is C=S(=O)(C[C@H]1CCC2=CC(=Nc3ccc(F)cc3)C(=CN)C[C@]2(C(=O)c2cc(F)ccn2)C1)c1cnn(C)c1.Cc1ccnc(C(=O)[C@]23Cc4cnn(-c5ccc(F)cc5)c4C=C2CC[C@H](N(CC(=O)N(C)C)S(=O)(=O)c2ccn(C)n2)C3)c1.Cn1ncnc1S(=O)(=O)[C@H]1CCC2=Cc3c(cnn3-c3ccc(F)cc3)C[C@]2(C(=O)c2cc(C(F)(F)F)ccn2)C1. The Labute approximate surface area is 715 Å². The summed E-state index contributed by atoms with van der Waals surface area (Å²) in [5.74, 6) is 0.905. The van der Waals surface area contributed by atoms with Gasteiger partial charge in [0.05, 0.1) is 91.3 Å². The Kier molecular flexibility index (Phi) is 23.8. The van der Waals surface area contributed by atoms with E-state index in [-0.39, 0.29) is 102 Å². The van der Waals surface area contributed by atoms with E-state index in [0.29, 0.717) is 93.9 Å². The molecule has 7 atom stereocenters. The van der Waals surface area contributed by atoms with Crippen molar-refractivity contribution in [3.63, 3.8) is 0 Å². The molecule has 1 unspecified atom stereocenters. The zero-order valence-electron chi connectivity index (χ0n) is 68.5. The number of aliphatic imine (C=N–C) groups is 1. The molecule has 3 saturated carbocycles. The lowest BCUT2D eigenvalue weighted by Gasteiger charge is -2.46. The van der Waals surface area contributed by atoms with Crippen LogP contribution in [0.2, 0.25) is 0 Å². The number of aromatic nitrogens is 14. The maximum atomic E-state index is 14.6. The number of nitrogens with two attached hydrogens (primary N) is 1. The first kappa shape index (κ1) is 87.3. The minimum atomic E-state index is -4.70. The molecule has 11 aromatic rings. The normalized spacial score (nSPS) is 21.5. The number of nitrogens with zero attached hydrogens (tertiary/aromatic N) is 17. The smallest absolute Gasteiger partial charge is 0.404 e. The van der Waals surface area contributed by atoms with Crippen molar-refractivity contribution in [3.8, 4) is 11.4 Å². The number of carbonyl (C=O) groups excluding carboxylic acids is 4. The van der Waals surface area contributed by atoms with Gasteiger partial charge in [-0.3, -0.25) is 47.7 Å². The van der Waals surface area contributed by atoms with Crippen LogP contribution in [0.3, 0.4) is 0 Å². The Morgan fingerprint density at radius 1 is 0.608 bits per heavy atom. The average Bonchev–Trinajstić information content (AvgIpc) is 1.71. The number of ketones is 3. The molecule has 8 heterocycles. The van der Waals surface area contributed by atoms with Crippen molar-refractivity contribution in [2.24, 2.45) is 54.0 Å². The first-order valence-corrected chi connectivity index (χ1v) is 44.7. The third kappa shape index (κ3) is 17.3. The Hall–Kier alpha value is -12.6. The molecule has 0 radical (unpaired) electrons. The number of halogens is 7. The van der Waals surface area contributed by atoms with Crippen LogP contribution in [-0.4, -0.2) is 172 Å². The zero-order chi connectivity index (χ0) is 89.0. The van der Waals surface area contributed by atoms with Gasteiger partial charge >= 0.3 is 6.18 Å². The van der Waals surface area contributed by atoms with Crippen LogP contribution in [0.1, 0.15) is 129 Å². The van der Waals surface area contributed by atoms with E-state index >= 15 is 0 Å². The number of pyridine rings is 3. The summed E-state index contributed by atoms with van der Waals surface area (Å²) in [4.78, 5) is 79.1. The van der Waals surface area contributed by atoms with Crippen molar-refractivity contribution in [3.05, 3.63) is 280 Å². The molecule has 0 saturated heterocycles. The lowest BCUT2D eigenvalue weighted by Crippen LogP contribution is -2.52. The number of likely N-dealkylation sites (N-methyl/N-ethyl adjacent to an activating group) is 1. The standard InChI is InChI=1S/C32H34FN7O4S.C29H29F2N5O2S.C27H22F4N6O3S/c1-21-11-13-34-27(15-21)31(42)32-17-22-19-35-40(25-9-6-24(33)7-10-25)28(22)16-23(32)5-8-26(18-32)39(20-30(41)37(2)3)45(43,44)29-12-14-38(4)36-29;1-36-17-25(16-34-36)39(2,38)18-19-3-4-21-11-26(35-24-7-5-22(30)6-8-24)20(15-32)14-29(21,13-19)28(37)27-12-23(31)9-10-33-27;1-36-25(33-15-35-36)41(39,40)21-7-2-17-11-23-16(14-34-37(23)20-5-3-19(28)4-6-20)12-26(17,13-21)24(38)22-10-18(8-9-32-22)27(29,30)31/h6-7,9-16,19,26H,5,8,17-18,20H2,1-4H3;5-12,15-17,19H,2-4,13-14,18,32H2,1H3;3-6,8-11,14-15,21H,2,7,12-13H2,1H3/t26-,32-;19-,29+,39?;21-,26-/m000/s1. The number of alkyl halides is 3. The fourth-order valence-corrected chi connectivity index (χ4v) is 23.0. The second-order valence-corrected chi connectivity index (χ2v) is 38.8. The first-order valence-electron chi connectivity index (χ1n) is 39.8. The van der Waals surface area contributed by atoms with Crippen LogP contribution in [0.25, 0.3) is 23.5 Å². The molecule has 2 N–H and O–H groups in total. The fourth-order valence-electron chi connectivity index (χ4n) is 17.7. The van der Waals surface area contributed by atoms with Crippen molar-refractivity contribution in [1.82, 2.24) is 78.0 Å². The maximum Gasteiger partial charge on any atom is 0.416 e. The Balaban J connectivity index is 0.000000145. The molecule has 1 amide bonds. The summed E-state index contributed by atoms with van der Waals surface area (Å²) in [6.45, 7) is 1.49. The van der Waals surface area contributed by atoms with Gasteiger partial charge in [-0.25, -0.2) is 58.4 Å². The summed E-state index contributed by atoms with van der Waals surface area (Å²) in [6.07, 6.45) is 18.4. The molecule has 6 aliphatic rings. The van der Waals surface area contributed by atoms with Gasteiger partial charge < -0.3 is 10.6 Å². The number of benzene rings is 3. The summed E-state index contributed by atoms with van der Waals surface area (Å²) in [5.41, 5.74) is 10.2. The first-order chi connectivity index (χ1) is 59.4. The van der Waals surface area contributed by atoms with E-state index < -0.39 is 98.3 Å². The van der Waals surface area contributed by atoms with Crippen LogP contribution >= 0.6 is 0 Å². The number of carbonyl (C=O) groups is 4. The second kappa shape index (κ2) is 34.1. The van der Waals surface area contributed by atoms with Crippen LogP contribution in [0.5, 0.6) is 0 Å². The minimum absolute atomic E-state index is 0.00302. The lowest BCUT2D eigenvalue weighted by molar-refractivity contribution is -0.137. The van der Waals surface area contributed by atoms with Crippen LogP contribution in [0.4, 0.5) is 36.4 Å². The number of fused-ring (bicyclic) bond motifs is 5. The summed E-state index contributed by atoms with van der Waals surface area (Å²) < 4.78 is 173. The number of hydrogen-bond donors (Lipinski definition) is 1. The van der Waals surface area contributed by atoms with E-state index in [1.54, 1.807) is 116 Å². The molecule has 17 rings (SSSR count). The number of amides is 1. The summed E-state index contributed by atoms with van der Waals surface area (Å²) in [5, 5.41) is 19.7. The zero-order valence-corrected chi connectivity index (χ0v) is 71.0. The topological polar surface area (TPSA) is 339 Å². The maximum absolute atomic E-state index is 14.6. The number of hydrogen-bond acceptors (Lipinski definition) is 20. The number of allylic oxidation sites excluding steroid dienone is 5. The fraction of sp³-hybridized carbons (Fsp3) is 0.307. The number of sulfonamides is 1. The van der Waals surface area contributed by atoms with Crippen LogP contribution < -0.4 is 5.73 Å². The molecule has 0 spiro atoms. The van der Waals surface area contributed by atoms with E-state index in [0.717, 1.165) is 57.3 Å². The quantitative estimate of drug-likeness (QED) is 0.0446. The highest BCUT2D eigenvalue weighted by molar-refractivity contribution is 8.00. The van der Waals surface area contributed by atoms with Crippen molar-refractivity contribution in [1.29, 1.82) is 0 Å². The lowest BCUT2D eigenvalue weighted by atomic mass is 9.58. The third-order valence-corrected chi connectivity index (χ3v) is 30.1. The summed E-state index contributed by atoms with van der Waals surface area (Å²) in [6, 6.07) is 25.6. The molecule has 37 heteroatoms. The van der Waals surface area contributed by atoms with E-state index in [1.807, 2.05) is 25.1 Å². The van der Waals surface area contributed by atoms with Gasteiger partial charge in [-0.1, -0.05) is 16.7 Å². The van der Waals surface area contributed by atoms with E-state index in [4.69, 9.17) is 5.73 Å². The van der Waals surface area contributed by atoms with E-state index in [9.17, 15) is 71.0 Å². The van der Waals surface area contributed by atoms with E-state index in [1.165, 1.54) is 94.3 Å². The van der Waals surface area contributed by atoms with Crippen molar-refractivity contribution in [2.75, 3.05) is 26.4 Å². The Morgan fingerprint density at radius 3 is 1.69 bits per heavy atom. The third-order valence-electron chi connectivity index (χ3n) is 24.0. The van der Waals surface area contributed by atoms with Gasteiger partial charge in [-0.2, -0.15) is 43.0 Å². The van der Waals surface area contributed by atoms with Gasteiger partial charge in [0.1, 0.15) is 46.7 Å². The van der Waals surface area contributed by atoms with Crippen molar-refractivity contribution < 1.29 is 71.0 Å². The number of Topliss-reactive ketones (excluding diaryl/α,β-unsaturated/α-hetero) is 3. The van der Waals surface area contributed by atoms with Gasteiger partial charge in [-0.05, 0) is 261 Å². The predicted molar refractivity (Wildman–Crippen MR) is 450 cm³/mol. The van der Waals surface area contributed by atoms with Crippen molar-refractivity contribution >= 4 is 82.1 Å². The molecule has 0 bridgehead atoms. The summed E-state index contributed by atoms with van der Waals surface area (Å²) in [7, 11) is -2.94. The number of rotatable bonds is 19. The van der Waals surface area contributed by atoms with Gasteiger partial charge in [0.15, 0.2) is 22.4 Å². The van der Waals surface area contributed by atoms with Gasteiger partial charge in [0.25, 0.3) is 10.0 Å². The van der Waals surface area contributed by atoms with Crippen molar-refractivity contribution in [2.45, 2.75) is 117 Å². The molecule has 27 nitrogen and oxygen atoms in total. The Morgan fingerprint density at radius 2 is 1.15 bits per heavy atom. The summed E-state index contributed by atoms with van der Waals surface area (Å²) >= 11 is 0. The monoisotopic (exact) mass is 1770 g/mol. The van der Waals surface area contributed by atoms with Gasteiger partial charge in [0, 0.05) is 84.1 Å². The number of sulfone groups is 1. The molecule has 6 aliphatic carbocycles. The number of aryl methyl sites for hydroxylation is 4. The molecule has 125 heavy (non-hydrogen) atoms. The predicted octanol–water partition coefficient (Wildman–Crippen LogP) is 12.8. The minimum Gasteiger partial charge on any atom is -0.404 e. The van der Waals surface area contributed by atoms with E-state index in [2.05, 4.69) is 56.3 Å². The highest BCUT2D eigenvalue weighted by Crippen LogP contribution is 2.56. The molecule has 8 aromatic heterocycles. The molecular formula is C88H85F7N18O9S3. The van der Waals surface area contributed by atoms with Crippen LogP contribution in [0.15, 0.2) is 226 Å². The van der Waals surface area contributed by atoms with Crippen LogP contribution in [-0.2, 0) is 74.3 Å². The van der Waals surface area contributed by atoms with Gasteiger partial charge in [0.2, 0.25) is 20.9 Å². The highest BCUT2D eigenvalue weighted by Gasteiger charge is 2.56. The molecule has 0 aliphatic heterocycles. The van der Waals surface area contributed by atoms with Crippen LogP contribution in [0, 0.1) is 52.4 Å². The largest absolute Gasteiger partial charge is 0.416 e. The second-order valence-electron chi connectivity index (χ2n) is 32.4. The molecule has 648 valence electrons. The molecular weight excluding hydrogens is 1680 g/mol. The molecule has 3 fully saturated rings. The Bertz CT molecular complexity index is 6610. The molecule has 3 aromatic carbocycles. The van der Waals surface area contributed by atoms with Gasteiger partial charge in [-0.15, -0.1) is 0 Å².